The molecule has 200 valence electrons. The first-order valence-corrected chi connectivity index (χ1v) is 13.9. The van der Waals surface area contributed by atoms with E-state index in [0.717, 1.165) is 42.4 Å². The van der Waals surface area contributed by atoms with E-state index in [2.05, 4.69) is 43.4 Å². The van der Waals surface area contributed by atoms with Crippen molar-refractivity contribution in [3.05, 3.63) is 107 Å². The van der Waals surface area contributed by atoms with E-state index in [0.29, 0.717) is 25.2 Å². The molecule has 38 heavy (non-hydrogen) atoms. The van der Waals surface area contributed by atoms with E-state index in [9.17, 15) is 14.0 Å². The highest BCUT2D eigenvalue weighted by Crippen LogP contribution is 2.21. The fourth-order valence-electron chi connectivity index (χ4n) is 5.17. The first-order chi connectivity index (χ1) is 18.4. The van der Waals surface area contributed by atoms with Crippen LogP contribution in [0, 0.1) is 5.82 Å². The first kappa shape index (κ1) is 27.6. The Morgan fingerprint density at radius 2 is 1.50 bits per heavy atom. The molecule has 1 saturated carbocycles. The predicted octanol–water partition coefficient (Wildman–Crippen LogP) is 6.58. The molecule has 4 rings (SSSR count). The van der Waals surface area contributed by atoms with Gasteiger partial charge in [0.15, 0.2) is 0 Å². The zero-order valence-corrected chi connectivity index (χ0v) is 22.5. The van der Waals surface area contributed by atoms with E-state index in [1.165, 1.54) is 17.7 Å². The Morgan fingerprint density at radius 1 is 0.868 bits per heavy atom. The van der Waals surface area contributed by atoms with Gasteiger partial charge in [0, 0.05) is 25.4 Å². The van der Waals surface area contributed by atoms with Crippen LogP contribution in [0.2, 0.25) is 0 Å². The molecule has 2 amide bonds. The molecule has 1 aliphatic rings. The molecule has 0 saturated heterocycles. The second-order valence-corrected chi connectivity index (χ2v) is 10.7. The van der Waals surface area contributed by atoms with Gasteiger partial charge in [0.2, 0.25) is 11.8 Å². The number of nitrogens with zero attached hydrogens (tertiary/aromatic N) is 1. The maximum absolute atomic E-state index is 13.8. The van der Waals surface area contributed by atoms with E-state index < -0.39 is 6.04 Å². The zero-order valence-electron chi connectivity index (χ0n) is 22.5. The van der Waals surface area contributed by atoms with Gasteiger partial charge in [0.1, 0.15) is 11.9 Å². The summed E-state index contributed by atoms with van der Waals surface area (Å²) in [4.78, 5) is 29.2. The van der Waals surface area contributed by atoms with Gasteiger partial charge in [-0.15, -0.1) is 0 Å². The third kappa shape index (κ3) is 7.77. The van der Waals surface area contributed by atoms with Gasteiger partial charge in [-0.2, -0.15) is 0 Å². The summed E-state index contributed by atoms with van der Waals surface area (Å²) in [6, 6.07) is 23.9. The highest BCUT2D eigenvalue weighted by atomic mass is 19.1. The summed E-state index contributed by atoms with van der Waals surface area (Å²) < 4.78 is 13.6. The van der Waals surface area contributed by atoms with Gasteiger partial charge in [-0.05, 0) is 59.6 Å². The molecule has 3 aromatic carbocycles. The second kappa shape index (κ2) is 13.4. The second-order valence-electron chi connectivity index (χ2n) is 10.7. The molecule has 5 heteroatoms. The van der Waals surface area contributed by atoms with Crippen LogP contribution in [0.15, 0.2) is 78.9 Å². The molecule has 0 heterocycles. The van der Waals surface area contributed by atoms with E-state index in [4.69, 9.17) is 0 Å². The number of halogens is 1. The van der Waals surface area contributed by atoms with Crippen molar-refractivity contribution in [1.82, 2.24) is 10.2 Å². The average molecular weight is 515 g/mol. The third-order valence-electron chi connectivity index (χ3n) is 7.51. The Bertz CT molecular complexity index is 1170. The average Bonchev–Trinajstić information content (AvgIpc) is 3.44. The molecular formula is C33H39FN2O2. The lowest BCUT2D eigenvalue weighted by Crippen LogP contribution is -2.52. The standard InChI is InChI=1S/C33H39FN2O2/c1-24(2)28-17-12-25(13-18-28)16-21-32(37)36(23-27-14-19-29(34)20-15-27)31(22-26-8-4-3-5-9-26)33(38)35-30-10-6-7-11-30/h3-5,8-9,12-15,17-20,24,30-31H,6-7,10-11,16,21-23H2,1-2H3,(H,35,38)/t31-/m0/s1. The Balaban J connectivity index is 1.58. The van der Waals surface area contributed by atoms with Crippen LogP contribution in [-0.4, -0.2) is 28.8 Å². The van der Waals surface area contributed by atoms with Crippen LogP contribution in [-0.2, 0) is 29.0 Å². The molecule has 1 aliphatic carbocycles. The largest absolute Gasteiger partial charge is 0.352 e. The van der Waals surface area contributed by atoms with Crippen molar-refractivity contribution >= 4 is 11.8 Å². The van der Waals surface area contributed by atoms with E-state index in [1.807, 2.05) is 30.3 Å². The maximum Gasteiger partial charge on any atom is 0.243 e. The molecule has 0 bridgehead atoms. The number of amides is 2. The van der Waals surface area contributed by atoms with Crippen LogP contribution in [0.4, 0.5) is 4.39 Å². The number of carbonyl (C=O) groups is 2. The fourth-order valence-corrected chi connectivity index (χ4v) is 5.17. The lowest BCUT2D eigenvalue weighted by Gasteiger charge is -2.32. The van der Waals surface area contributed by atoms with Crippen molar-refractivity contribution in [2.24, 2.45) is 0 Å². The van der Waals surface area contributed by atoms with E-state index in [-0.39, 0.29) is 30.2 Å². The summed E-state index contributed by atoms with van der Waals surface area (Å²) in [5.41, 5.74) is 4.16. The summed E-state index contributed by atoms with van der Waals surface area (Å²) in [7, 11) is 0. The van der Waals surface area contributed by atoms with Crippen molar-refractivity contribution in [3.63, 3.8) is 0 Å². The molecule has 3 aromatic rings. The summed E-state index contributed by atoms with van der Waals surface area (Å²) >= 11 is 0. The SMILES string of the molecule is CC(C)c1ccc(CCC(=O)N(Cc2ccc(F)cc2)[C@@H](Cc2ccccc2)C(=O)NC2CCCC2)cc1. The quantitative estimate of drug-likeness (QED) is 0.314. The van der Waals surface area contributed by atoms with Crippen molar-refractivity contribution in [2.45, 2.75) is 83.3 Å². The summed E-state index contributed by atoms with van der Waals surface area (Å²) in [6.45, 7) is 4.58. The van der Waals surface area contributed by atoms with Crippen LogP contribution >= 0.6 is 0 Å². The number of carbonyl (C=O) groups excluding carboxylic acids is 2. The molecule has 0 spiro atoms. The fraction of sp³-hybridized carbons (Fsp3) is 0.394. The van der Waals surface area contributed by atoms with Gasteiger partial charge < -0.3 is 10.2 Å². The van der Waals surface area contributed by atoms with Crippen molar-refractivity contribution in [2.75, 3.05) is 0 Å². The topological polar surface area (TPSA) is 49.4 Å². The number of aryl methyl sites for hydroxylation is 1. The number of nitrogens with one attached hydrogen (secondary N) is 1. The number of hydrogen-bond donors (Lipinski definition) is 1. The van der Waals surface area contributed by atoms with Gasteiger partial charge in [-0.3, -0.25) is 9.59 Å². The van der Waals surface area contributed by atoms with E-state index >= 15 is 0 Å². The lowest BCUT2D eigenvalue weighted by molar-refractivity contribution is -0.141. The van der Waals surface area contributed by atoms with Crippen molar-refractivity contribution < 1.29 is 14.0 Å². The highest BCUT2D eigenvalue weighted by molar-refractivity contribution is 5.88. The Hall–Kier alpha value is -3.47. The molecule has 0 radical (unpaired) electrons. The molecule has 0 unspecified atom stereocenters. The predicted molar refractivity (Wildman–Crippen MR) is 150 cm³/mol. The van der Waals surface area contributed by atoms with Crippen LogP contribution in [0.25, 0.3) is 0 Å². The van der Waals surface area contributed by atoms with Gasteiger partial charge in [-0.25, -0.2) is 4.39 Å². The van der Waals surface area contributed by atoms with Crippen molar-refractivity contribution in [1.29, 1.82) is 0 Å². The Labute approximate surface area is 226 Å². The normalized spacial score (nSPS) is 14.4. The third-order valence-corrected chi connectivity index (χ3v) is 7.51. The lowest BCUT2D eigenvalue weighted by atomic mass is 9.99. The smallest absolute Gasteiger partial charge is 0.243 e. The van der Waals surface area contributed by atoms with Gasteiger partial charge >= 0.3 is 0 Å². The van der Waals surface area contributed by atoms with Crippen LogP contribution in [0.5, 0.6) is 0 Å². The van der Waals surface area contributed by atoms with Crippen LogP contribution < -0.4 is 5.32 Å². The van der Waals surface area contributed by atoms with Gasteiger partial charge in [0.05, 0.1) is 0 Å². The van der Waals surface area contributed by atoms with Crippen LogP contribution in [0.1, 0.15) is 74.1 Å². The Morgan fingerprint density at radius 3 is 2.13 bits per heavy atom. The molecule has 1 fully saturated rings. The van der Waals surface area contributed by atoms with Gasteiger partial charge in [-0.1, -0.05) is 93.4 Å². The number of hydrogen-bond acceptors (Lipinski definition) is 2. The summed E-state index contributed by atoms with van der Waals surface area (Å²) in [5, 5.41) is 3.23. The Kier molecular flexibility index (Phi) is 9.69. The monoisotopic (exact) mass is 514 g/mol. The minimum atomic E-state index is -0.654. The number of rotatable bonds is 11. The molecular weight excluding hydrogens is 475 g/mol. The van der Waals surface area contributed by atoms with Gasteiger partial charge in [0.25, 0.3) is 0 Å². The first-order valence-electron chi connectivity index (χ1n) is 13.9. The van der Waals surface area contributed by atoms with E-state index in [1.54, 1.807) is 17.0 Å². The molecule has 1 atom stereocenters. The molecule has 0 aliphatic heterocycles. The molecule has 0 aromatic heterocycles. The van der Waals surface area contributed by atoms with Crippen molar-refractivity contribution in [3.8, 4) is 0 Å². The molecule has 1 N–H and O–H groups in total. The number of benzene rings is 3. The summed E-state index contributed by atoms with van der Waals surface area (Å²) in [5.74, 6) is -0.0624. The maximum atomic E-state index is 13.8. The van der Waals surface area contributed by atoms with Crippen LogP contribution in [0.3, 0.4) is 0 Å². The summed E-state index contributed by atoms with van der Waals surface area (Å²) in [6.07, 6.45) is 5.49. The minimum absolute atomic E-state index is 0.0789. The molecule has 4 nitrogen and oxygen atoms in total. The minimum Gasteiger partial charge on any atom is -0.352 e. The highest BCUT2D eigenvalue weighted by Gasteiger charge is 2.32. The zero-order chi connectivity index (χ0) is 26.9.